The average Bonchev–Trinajstić information content (AvgIpc) is 3.51. The maximum Gasteiger partial charge on any atom is 0.416 e. The number of rotatable bonds is 4. The van der Waals surface area contributed by atoms with Gasteiger partial charge in [0, 0.05) is 37.8 Å². The number of benzene rings is 1. The van der Waals surface area contributed by atoms with E-state index in [0.717, 1.165) is 30.5 Å². The van der Waals surface area contributed by atoms with Gasteiger partial charge in [0.05, 0.1) is 15.4 Å². The molecule has 30 heavy (non-hydrogen) atoms. The number of nitrogens with zero attached hydrogens (tertiary/aromatic N) is 2. The molecule has 1 aromatic heterocycles. The second kappa shape index (κ2) is 7.94. The van der Waals surface area contributed by atoms with Gasteiger partial charge < -0.3 is 15.1 Å². The highest BCUT2D eigenvalue weighted by atomic mass is 32.1. The Bertz CT molecular complexity index is 961. The molecular weight excluding hydrogens is 415 g/mol. The highest BCUT2D eigenvalue weighted by Gasteiger charge is 2.32. The van der Waals surface area contributed by atoms with Crippen LogP contribution < -0.4 is 10.2 Å². The van der Waals surface area contributed by atoms with Crippen LogP contribution in [-0.2, 0) is 11.0 Å². The minimum Gasteiger partial charge on any atom is -0.368 e. The Morgan fingerprint density at radius 2 is 1.80 bits per heavy atom. The second-order valence-corrected chi connectivity index (χ2v) is 8.77. The third-order valence-electron chi connectivity index (χ3n) is 5.41. The van der Waals surface area contributed by atoms with Crippen LogP contribution in [0.1, 0.15) is 33.6 Å². The predicted molar refractivity (Wildman–Crippen MR) is 110 cm³/mol. The van der Waals surface area contributed by atoms with E-state index in [1.165, 1.54) is 17.4 Å². The largest absolute Gasteiger partial charge is 0.416 e. The summed E-state index contributed by atoms with van der Waals surface area (Å²) in [5.74, 6) is -0.00597. The zero-order valence-corrected chi connectivity index (χ0v) is 17.3. The fourth-order valence-corrected chi connectivity index (χ4v) is 4.56. The van der Waals surface area contributed by atoms with Gasteiger partial charge >= 0.3 is 6.18 Å². The van der Waals surface area contributed by atoms with Crippen LogP contribution in [-0.4, -0.2) is 42.9 Å². The van der Waals surface area contributed by atoms with Crippen molar-refractivity contribution in [3.05, 3.63) is 46.3 Å². The standard InChI is InChI=1S/C21H22F3N3O2S/c1-13-11-17(25-19(28)14-5-6-14)30-18(13)20(29)27-9-7-26(8-10-27)16-4-2-3-15(12-16)21(22,23)24/h2-4,11-12,14H,5-10H2,1H3,(H,25,28). The van der Waals surface area contributed by atoms with Crippen molar-refractivity contribution in [2.24, 2.45) is 5.92 Å². The van der Waals surface area contributed by atoms with Crippen LogP contribution in [0.25, 0.3) is 0 Å². The number of nitrogens with one attached hydrogen (secondary N) is 1. The van der Waals surface area contributed by atoms with Crippen LogP contribution in [0.4, 0.5) is 23.9 Å². The van der Waals surface area contributed by atoms with E-state index < -0.39 is 11.7 Å². The summed E-state index contributed by atoms with van der Waals surface area (Å²) in [4.78, 5) is 29.1. The third kappa shape index (κ3) is 4.45. The molecule has 1 saturated carbocycles. The van der Waals surface area contributed by atoms with Crippen molar-refractivity contribution >= 4 is 33.8 Å². The van der Waals surface area contributed by atoms with Gasteiger partial charge in [0.2, 0.25) is 5.91 Å². The molecule has 9 heteroatoms. The molecule has 1 aromatic carbocycles. The summed E-state index contributed by atoms with van der Waals surface area (Å²) in [5.41, 5.74) is 0.652. The fraction of sp³-hybridized carbons (Fsp3) is 0.429. The maximum absolute atomic E-state index is 13.0. The summed E-state index contributed by atoms with van der Waals surface area (Å²) >= 11 is 1.27. The van der Waals surface area contributed by atoms with Crippen LogP contribution >= 0.6 is 11.3 Å². The lowest BCUT2D eigenvalue weighted by molar-refractivity contribution is -0.137. The van der Waals surface area contributed by atoms with Crippen molar-refractivity contribution in [2.75, 3.05) is 36.4 Å². The molecule has 2 fully saturated rings. The van der Waals surface area contributed by atoms with E-state index in [4.69, 9.17) is 0 Å². The molecule has 0 atom stereocenters. The molecule has 160 valence electrons. The number of piperazine rings is 1. The van der Waals surface area contributed by atoms with Gasteiger partial charge in [0.25, 0.3) is 5.91 Å². The lowest BCUT2D eigenvalue weighted by Gasteiger charge is -2.36. The van der Waals surface area contributed by atoms with Crippen LogP contribution in [0.3, 0.4) is 0 Å². The Balaban J connectivity index is 1.39. The van der Waals surface area contributed by atoms with Gasteiger partial charge in [-0.3, -0.25) is 9.59 Å². The van der Waals surface area contributed by atoms with Crippen LogP contribution in [0.15, 0.2) is 30.3 Å². The fourth-order valence-electron chi connectivity index (χ4n) is 3.52. The quantitative estimate of drug-likeness (QED) is 0.772. The Labute approximate surface area is 176 Å². The first-order chi connectivity index (χ1) is 14.2. The summed E-state index contributed by atoms with van der Waals surface area (Å²) in [6.45, 7) is 3.62. The van der Waals surface area contributed by atoms with Gasteiger partial charge in [-0.05, 0) is 49.6 Å². The molecule has 1 saturated heterocycles. The minimum atomic E-state index is -4.38. The number of anilines is 2. The van der Waals surface area contributed by atoms with Gasteiger partial charge in [-0.25, -0.2) is 0 Å². The lowest BCUT2D eigenvalue weighted by atomic mass is 10.1. The smallest absolute Gasteiger partial charge is 0.368 e. The van der Waals surface area contributed by atoms with Crippen molar-refractivity contribution in [2.45, 2.75) is 25.9 Å². The average molecular weight is 437 g/mol. The molecule has 2 heterocycles. The van der Waals surface area contributed by atoms with Gasteiger partial charge in [0.15, 0.2) is 0 Å². The summed E-state index contributed by atoms with van der Waals surface area (Å²) in [6.07, 6.45) is -2.55. The number of aryl methyl sites for hydroxylation is 1. The number of alkyl halides is 3. The summed E-state index contributed by atoms with van der Waals surface area (Å²) in [7, 11) is 0. The van der Waals surface area contributed by atoms with Crippen molar-refractivity contribution in [1.82, 2.24) is 4.90 Å². The minimum absolute atomic E-state index is 0.00458. The molecule has 2 aliphatic rings. The molecule has 4 rings (SSSR count). The molecule has 0 unspecified atom stereocenters. The zero-order valence-electron chi connectivity index (χ0n) is 16.5. The molecule has 0 spiro atoms. The van der Waals surface area contributed by atoms with E-state index >= 15 is 0 Å². The predicted octanol–water partition coefficient (Wildman–Crippen LogP) is 4.39. The number of halogens is 3. The Morgan fingerprint density at radius 1 is 1.10 bits per heavy atom. The zero-order chi connectivity index (χ0) is 21.5. The Morgan fingerprint density at radius 3 is 2.43 bits per heavy atom. The highest BCUT2D eigenvalue weighted by molar-refractivity contribution is 7.18. The molecule has 0 radical (unpaired) electrons. The van der Waals surface area contributed by atoms with Crippen molar-refractivity contribution in [3.8, 4) is 0 Å². The first-order valence-corrected chi connectivity index (χ1v) is 10.7. The molecule has 5 nitrogen and oxygen atoms in total. The van der Waals surface area contributed by atoms with E-state index in [1.807, 2.05) is 17.9 Å². The Kier molecular flexibility index (Phi) is 5.48. The number of thiophene rings is 1. The molecular formula is C21H22F3N3O2S. The van der Waals surface area contributed by atoms with E-state index in [1.54, 1.807) is 11.0 Å². The molecule has 1 aliphatic heterocycles. The second-order valence-electron chi connectivity index (χ2n) is 7.71. The number of carbonyl (C=O) groups excluding carboxylic acids is 2. The van der Waals surface area contributed by atoms with E-state index in [9.17, 15) is 22.8 Å². The summed E-state index contributed by atoms with van der Waals surface area (Å²) < 4.78 is 38.9. The molecule has 0 bridgehead atoms. The monoisotopic (exact) mass is 437 g/mol. The third-order valence-corrected chi connectivity index (χ3v) is 6.55. The van der Waals surface area contributed by atoms with Crippen molar-refractivity contribution in [1.29, 1.82) is 0 Å². The van der Waals surface area contributed by atoms with Crippen molar-refractivity contribution < 1.29 is 22.8 Å². The van der Waals surface area contributed by atoms with E-state index in [-0.39, 0.29) is 17.7 Å². The lowest BCUT2D eigenvalue weighted by Crippen LogP contribution is -2.48. The summed E-state index contributed by atoms with van der Waals surface area (Å²) in [6, 6.07) is 7.09. The topological polar surface area (TPSA) is 52.7 Å². The molecule has 2 aromatic rings. The van der Waals surface area contributed by atoms with Crippen LogP contribution in [0.5, 0.6) is 0 Å². The molecule has 1 aliphatic carbocycles. The number of hydrogen-bond donors (Lipinski definition) is 1. The molecule has 1 N–H and O–H groups in total. The van der Waals surface area contributed by atoms with Gasteiger partial charge in [-0.15, -0.1) is 11.3 Å². The number of carbonyl (C=O) groups is 2. The number of hydrogen-bond acceptors (Lipinski definition) is 4. The number of amides is 2. The summed E-state index contributed by atoms with van der Waals surface area (Å²) in [5, 5.41) is 3.55. The van der Waals surface area contributed by atoms with Crippen LogP contribution in [0.2, 0.25) is 0 Å². The maximum atomic E-state index is 13.0. The van der Waals surface area contributed by atoms with E-state index in [2.05, 4.69) is 5.32 Å². The first-order valence-electron chi connectivity index (χ1n) is 9.85. The van der Waals surface area contributed by atoms with E-state index in [0.29, 0.717) is 41.7 Å². The van der Waals surface area contributed by atoms with Gasteiger partial charge in [-0.2, -0.15) is 13.2 Å². The Hall–Kier alpha value is -2.55. The first kappa shape index (κ1) is 20.7. The highest BCUT2D eigenvalue weighted by Crippen LogP contribution is 2.34. The van der Waals surface area contributed by atoms with Crippen LogP contribution in [0, 0.1) is 12.8 Å². The van der Waals surface area contributed by atoms with Gasteiger partial charge in [-0.1, -0.05) is 6.07 Å². The molecule has 2 amide bonds. The van der Waals surface area contributed by atoms with Gasteiger partial charge in [0.1, 0.15) is 0 Å². The van der Waals surface area contributed by atoms with Crippen molar-refractivity contribution in [3.63, 3.8) is 0 Å². The SMILES string of the molecule is Cc1cc(NC(=O)C2CC2)sc1C(=O)N1CCN(c2cccc(C(F)(F)F)c2)CC1. The normalized spacial score (nSPS) is 17.2.